The molecule has 142 valence electrons. The Bertz CT molecular complexity index is 883. The van der Waals surface area contributed by atoms with E-state index in [1.54, 1.807) is 7.11 Å². The lowest BCUT2D eigenvalue weighted by molar-refractivity contribution is 0.110. The molecule has 0 atom stereocenters. The van der Waals surface area contributed by atoms with Gasteiger partial charge in [-0.2, -0.15) is 4.98 Å². The molecule has 1 fully saturated rings. The fraction of sp³-hybridized carbons (Fsp3) is 0.421. The Labute approximate surface area is 157 Å². The molecule has 0 unspecified atom stereocenters. The molecule has 0 aliphatic carbocycles. The Morgan fingerprint density at radius 3 is 2.48 bits per heavy atom. The first-order valence-electron chi connectivity index (χ1n) is 9.03. The molecule has 0 amide bonds. The summed E-state index contributed by atoms with van der Waals surface area (Å²) in [5.41, 5.74) is 1.87. The first-order chi connectivity index (χ1) is 13.2. The molecule has 1 aromatic carbocycles. The third-order valence-corrected chi connectivity index (χ3v) is 4.68. The van der Waals surface area contributed by atoms with Gasteiger partial charge in [0.2, 0.25) is 11.7 Å². The topological polar surface area (TPSA) is 80.7 Å². The zero-order valence-electron chi connectivity index (χ0n) is 15.6. The number of nitrogens with zero attached hydrogens (tertiary/aromatic N) is 5. The van der Waals surface area contributed by atoms with E-state index in [1.807, 2.05) is 37.3 Å². The van der Waals surface area contributed by atoms with Gasteiger partial charge in [0.05, 0.1) is 19.3 Å². The van der Waals surface area contributed by atoms with Crippen LogP contribution in [0.4, 0.5) is 0 Å². The summed E-state index contributed by atoms with van der Waals surface area (Å²) in [5, 5.41) is 8.17. The second kappa shape index (κ2) is 7.89. The van der Waals surface area contributed by atoms with Crippen LogP contribution in [0.3, 0.4) is 0 Å². The van der Waals surface area contributed by atoms with E-state index in [1.165, 1.54) is 0 Å². The second-order valence-corrected chi connectivity index (χ2v) is 6.72. The molecular formula is C19H23N5O3. The van der Waals surface area contributed by atoms with Gasteiger partial charge in [0.1, 0.15) is 11.5 Å². The molecule has 0 spiro atoms. The van der Waals surface area contributed by atoms with Crippen LogP contribution in [-0.2, 0) is 13.1 Å². The van der Waals surface area contributed by atoms with Gasteiger partial charge in [-0.1, -0.05) is 22.4 Å². The van der Waals surface area contributed by atoms with Crippen LogP contribution >= 0.6 is 0 Å². The molecule has 3 heterocycles. The van der Waals surface area contributed by atoms with E-state index in [-0.39, 0.29) is 0 Å². The summed E-state index contributed by atoms with van der Waals surface area (Å²) in [6, 6.07) is 9.65. The van der Waals surface area contributed by atoms with Crippen LogP contribution in [-0.4, -0.2) is 58.4 Å². The summed E-state index contributed by atoms with van der Waals surface area (Å²) >= 11 is 0. The monoisotopic (exact) mass is 369 g/mol. The number of piperazine rings is 1. The average Bonchev–Trinajstić information content (AvgIpc) is 3.32. The standard InChI is InChI=1S/C19H23N5O3/c1-14-10-16(21-26-14)12-23-6-8-24(9-7-23)13-18-20-19(22-27-18)15-4-3-5-17(11-15)25-2/h3-5,10-11H,6-9,12-13H2,1-2H3. The van der Waals surface area contributed by atoms with E-state index in [2.05, 4.69) is 25.1 Å². The number of hydrogen-bond donors (Lipinski definition) is 0. The number of benzene rings is 1. The van der Waals surface area contributed by atoms with Crippen LogP contribution in [0.5, 0.6) is 5.75 Å². The summed E-state index contributed by atoms with van der Waals surface area (Å²) in [6.07, 6.45) is 0. The number of hydrogen-bond acceptors (Lipinski definition) is 8. The third-order valence-electron chi connectivity index (χ3n) is 4.68. The number of ether oxygens (including phenoxy) is 1. The maximum absolute atomic E-state index is 5.44. The second-order valence-electron chi connectivity index (χ2n) is 6.72. The normalized spacial score (nSPS) is 15.9. The fourth-order valence-corrected chi connectivity index (χ4v) is 3.22. The van der Waals surface area contributed by atoms with Gasteiger partial charge in [-0.05, 0) is 19.1 Å². The average molecular weight is 369 g/mol. The predicted octanol–water partition coefficient (Wildman–Crippen LogP) is 2.36. The molecule has 2 aromatic heterocycles. The number of rotatable bonds is 6. The SMILES string of the molecule is COc1cccc(-c2noc(CN3CCN(Cc4cc(C)on4)CC3)n2)c1. The van der Waals surface area contributed by atoms with Crippen LogP contribution in [0.15, 0.2) is 39.4 Å². The van der Waals surface area contributed by atoms with Crippen molar-refractivity contribution in [3.63, 3.8) is 0 Å². The molecule has 0 saturated carbocycles. The van der Waals surface area contributed by atoms with Gasteiger partial charge in [-0.25, -0.2) is 0 Å². The first-order valence-corrected chi connectivity index (χ1v) is 9.03. The summed E-state index contributed by atoms with van der Waals surface area (Å²) in [5.74, 6) is 2.85. The summed E-state index contributed by atoms with van der Waals surface area (Å²) < 4.78 is 15.8. The van der Waals surface area contributed by atoms with Gasteiger partial charge in [-0.15, -0.1) is 0 Å². The molecule has 8 heteroatoms. The molecule has 0 N–H and O–H groups in total. The van der Waals surface area contributed by atoms with E-state index in [0.717, 1.165) is 55.5 Å². The van der Waals surface area contributed by atoms with Gasteiger partial charge < -0.3 is 13.8 Å². The van der Waals surface area contributed by atoms with Crippen molar-refractivity contribution in [2.24, 2.45) is 0 Å². The Kier molecular flexibility index (Phi) is 5.17. The van der Waals surface area contributed by atoms with Crippen molar-refractivity contribution >= 4 is 0 Å². The fourth-order valence-electron chi connectivity index (χ4n) is 3.22. The Morgan fingerprint density at radius 1 is 1.00 bits per heavy atom. The summed E-state index contributed by atoms with van der Waals surface area (Å²) in [6.45, 7) is 7.26. The number of aromatic nitrogens is 3. The highest BCUT2D eigenvalue weighted by Gasteiger charge is 2.20. The lowest BCUT2D eigenvalue weighted by Gasteiger charge is -2.33. The van der Waals surface area contributed by atoms with Gasteiger partial charge >= 0.3 is 0 Å². The third kappa shape index (κ3) is 4.35. The molecule has 1 aliphatic heterocycles. The summed E-state index contributed by atoms with van der Waals surface area (Å²) in [7, 11) is 1.64. The maximum Gasteiger partial charge on any atom is 0.241 e. The van der Waals surface area contributed by atoms with Gasteiger partial charge in [0.15, 0.2) is 0 Å². The van der Waals surface area contributed by atoms with Crippen molar-refractivity contribution in [2.75, 3.05) is 33.3 Å². The van der Waals surface area contributed by atoms with Crippen molar-refractivity contribution in [2.45, 2.75) is 20.0 Å². The minimum absolute atomic E-state index is 0.587. The zero-order valence-corrected chi connectivity index (χ0v) is 15.6. The lowest BCUT2D eigenvalue weighted by Crippen LogP contribution is -2.45. The van der Waals surface area contributed by atoms with Crippen molar-refractivity contribution in [1.29, 1.82) is 0 Å². The minimum atomic E-state index is 0.587. The largest absolute Gasteiger partial charge is 0.497 e. The van der Waals surface area contributed by atoms with Gasteiger partial charge in [-0.3, -0.25) is 9.80 Å². The molecule has 0 bridgehead atoms. The molecular weight excluding hydrogens is 346 g/mol. The van der Waals surface area contributed by atoms with E-state index in [0.29, 0.717) is 18.3 Å². The highest BCUT2D eigenvalue weighted by molar-refractivity contribution is 5.56. The summed E-state index contributed by atoms with van der Waals surface area (Å²) in [4.78, 5) is 9.23. The number of aryl methyl sites for hydroxylation is 1. The quantitative estimate of drug-likeness (QED) is 0.655. The van der Waals surface area contributed by atoms with Crippen molar-refractivity contribution in [3.05, 3.63) is 47.7 Å². The molecule has 1 saturated heterocycles. The highest BCUT2D eigenvalue weighted by atomic mass is 16.5. The number of methoxy groups -OCH3 is 1. The molecule has 27 heavy (non-hydrogen) atoms. The van der Waals surface area contributed by atoms with E-state index in [4.69, 9.17) is 13.8 Å². The van der Waals surface area contributed by atoms with Gasteiger partial charge in [0.25, 0.3) is 0 Å². The Morgan fingerprint density at radius 2 is 1.78 bits per heavy atom. The van der Waals surface area contributed by atoms with Crippen molar-refractivity contribution < 1.29 is 13.8 Å². The van der Waals surface area contributed by atoms with Gasteiger partial charge in [0, 0.05) is 44.4 Å². The van der Waals surface area contributed by atoms with Crippen molar-refractivity contribution in [3.8, 4) is 17.1 Å². The predicted molar refractivity (Wildman–Crippen MR) is 98.1 cm³/mol. The lowest BCUT2D eigenvalue weighted by atomic mass is 10.2. The van der Waals surface area contributed by atoms with E-state index >= 15 is 0 Å². The molecule has 0 radical (unpaired) electrons. The molecule has 3 aromatic rings. The highest BCUT2D eigenvalue weighted by Crippen LogP contribution is 2.21. The zero-order chi connectivity index (χ0) is 18.6. The molecule has 8 nitrogen and oxygen atoms in total. The Hall–Kier alpha value is -2.71. The van der Waals surface area contributed by atoms with Crippen LogP contribution in [0.25, 0.3) is 11.4 Å². The van der Waals surface area contributed by atoms with Crippen molar-refractivity contribution in [1.82, 2.24) is 25.1 Å². The maximum atomic E-state index is 5.44. The van der Waals surface area contributed by atoms with E-state index in [9.17, 15) is 0 Å². The first kappa shape index (κ1) is 17.7. The van der Waals surface area contributed by atoms with Crippen LogP contribution in [0.1, 0.15) is 17.3 Å². The van der Waals surface area contributed by atoms with Crippen LogP contribution < -0.4 is 4.74 Å². The molecule has 1 aliphatic rings. The smallest absolute Gasteiger partial charge is 0.241 e. The molecule has 4 rings (SSSR count). The van der Waals surface area contributed by atoms with Crippen LogP contribution in [0.2, 0.25) is 0 Å². The van der Waals surface area contributed by atoms with E-state index < -0.39 is 0 Å². The minimum Gasteiger partial charge on any atom is -0.497 e. The van der Waals surface area contributed by atoms with Crippen LogP contribution in [0, 0.1) is 6.92 Å². The Balaban J connectivity index is 1.31.